The summed E-state index contributed by atoms with van der Waals surface area (Å²) in [5.74, 6) is 0. The van der Waals surface area contributed by atoms with Gasteiger partial charge < -0.3 is 10.2 Å². The Kier molecular flexibility index (Phi) is 7.04. The Labute approximate surface area is 168 Å². The zero-order valence-electron chi connectivity index (χ0n) is 17.3. The molecule has 1 fully saturated rings. The largest absolute Gasteiger partial charge is 0.324 e. The van der Waals surface area contributed by atoms with E-state index in [1.807, 2.05) is 37.5 Å². The number of hydrogen-bond donors (Lipinski definition) is 1. The van der Waals surface area contributed by atoms with Crippen LogP contribution in [0.3, 0.4) is 0 Å². The van der Waals surface area contributed by atoms with Gasteiger partial charge in [0.2, 0.25) is 0 Å². The number of likely N-dealkylation sites (N-methyl/N-ethyl adjacent to an activating group) is 1. The minimum atomic E-state index is -0.0775. The average molecular weight is 381 g/mol. The number of aromatic nitrogens is 1. The third-order valence-corrected chi connectivity index (χ3v) is 5.56. The number of aryl methyl sites for hydroxylation is 1. The molecule has 1 aromatic heterocycles. The van der Waals surface area contributed by atoms with Crippen LogP contribution in [0.4, 0.5) is 10.5 Å². The second-order valence-electron chi connectivity index (χ2n) is 7.91. The molecule has 2 heterocycles. The number of benzene rings is 1. The van der Waals surface area contributed by atoms with E-state index in [9.17, 15) is 4.79 Å². The SMILES string of the molecule is Cc1ccnc(C[C@H](C)N(C)C(=O)Nc2ccccc2CN2CCCCC2)c1. The Morgan fingerprint density at radius 2 is 1.96 bits per heavy atom. The molecule has 0 unspecified atom stereocenters. The van der Waals surface area contributed by atoms with E-state index in [0.29, 0.717) is 0 Å². The van der Waals surface area contributed by atoms with Crippen LogP contribution >= 0.6 is 0 Å². The molecule has 0 spiro atoms. The molecule has 150 valence electrons. The Hall–Kier alpha value is -2.40. The van der Waals surface area contributed by atoms with Gasteiger partial charge in [-0.2, -0.15) is 0 Å². The summed E-state index contributed by atoms with van der Waals surface area (Å²) in [6.45, 7) is 7.29. The van der Waals surface area contributed by atoms with Crippen LogP contribution in [-0.2, 0) is 13.0 Å². The van der Waals surface area contributed by atoms with Gasteiger partial charge in [-0.05, 0) is 69.1 Å². The number of para-hydroxylation sites is 1. The molecule has 0 aliphatic carbocycles. The molecule has 3 rings (SSSR count). The van der Waals surface area contributed by atoms with Crippen LogP contribution in [0, 0.1) is 6.92 Å². The summed E-state index contributed by atoms with van der Waals surface area (Å²) in [5, 5.41) is 3.12. The molecule has 28 heavy (non-hydrogen) atoms. The summed E-state index contributed by atoms with van der Waals surface area (Å²) >= 11 is 0. The first kappa shape index (κ1) is 20.3. The molecule has 1 aromatic carbocycles. The summed E-state index contributed by atoms with van der Waals surface area (Å²) < 4.78 is 0. The zero-order valence-corrected chi connectivity index (χ0v) is 17.3. The highest BCUT2D eigenvalue weighted by molar-refractivity contribution is 5.90. The highest BCUT2D eigenvalue weighted by Gasteiger charge is 2.19. The lowest BCUT2D eigenvalue weighted by molar-refractivity contribution is 0.207. The van der Waals surface area contributed by atoms with E-state index in [1.54, 1.807) is 4.90 Å². The molecule has 0 radical (unpaired) electrons. The molecule has 5 nitrogen and oxygen atoms in total. The Morgan fingerprint density at radius 3 is 2.71 bits per heavy atom. The maximum absolute atomic E-state index is 12.8. The van der Waals surface area contributed by atoms with Crippen molar-refractivity contribution in [3.8, 4) is 0 Å². The van der Waals surface area contributed by atoms with Gasteiger partial charge in [0, 0.05) is 43.6 Å². The number of likely N-dealkylation sites (tertiary alicyclic amines) is 1. The first-order chi connectivity index (χ1) is 13.5. The van der Waals surface area contributed by atoms with Crippen molar-refractivity contribution in [2.24, 2.45) is 0 Å². The molecular weight excluding hydrogens is 348 g/mol. The van der Waals surface area contributed by atoms with Gasteiger partial charge >= 0.3 is 6.03 Å². The lowest BCUT2D eigenvalue weighted by Crippen LogP contribution is -2.39. The number of carbonyl (C=O) groups is 1. The number of rotatable bonds is 6. The second kappa shape index (κ2) is 9.69. The number of anilines is 1. The van der Waals surface area contributed by atoms with Crippen molar-refractivity contribution in [2.75, 3.05) is 25.5 Å². The molecule has 1 N–H and O–H groups in total. The molecule has 0 saturated carbocycles. The molecule has 1 aliphatic rings. The van der Waals surface area contributed by atoms with Crippen LogP contribution in [-0.4, -0.2) is 47.0 Å². The predicted molar refractivity (Wildman–Crippen MR) is 114 cm³/mol. The molecule has 0 bridgehead atoms. The van der Waals surface area contributed by atoms with Gasteiger partial charge in [0.1, 0.15) is 0 Å². The molecule has 1 aliphatic heterocycles. The van der Waals surface area contributed by atoms with Crippen molar-refractivity contribution >= 4 is 11.7 Å². The molecular formula is C23H32N4O. The number of pyridine rings is 1. The van der Waals surface area contributed by atoms with E-state index < -0.39 is 0 Å². The van der Waals surface area contributed by atoms with Crippen molar-refractivity contribution in [1.82, 2.24) is 14.8 Å². The van der Waals surface area contributed by atoms with Crippen molar-refractivity contribution < 1.29 is 4.79 Å². The number of amides is 2. The summed E-state index contributed by atoms with van der Waals surface area (Å²) in [5.41, 5.74) is 4.29. The van der Waals surface area contributed by atoms with Gasteiger partial charge in [0.25, 0.3) is 0 Å². The fraction of sp³-hybridized carbons (Fsp3) is 0.478. The number of carbonyl (C=O) groups excluding carboxylic acids is 1. The Morgan fingerprint density at radius 1 is 1.21 bits per heavy atom. The zero-order chi connectivity index (χ0) is 19.9. The summed E-state index contributed by atoms with van der Waals surface area (Å²) in [6, 6.07) is 12.2. The van der Waals surface area contributed by atoms with Crippen LogP contribution in [0.5, 0.6) is 0 Å². The maximum atomic E-state index is 12.8. The van der Waals surface area contributed by atoms with E-state index in [-0.39, 0.29) is 12.1 Å². The normalized spacial score (nSPS) is 15.8. The summed E-state index contributed by atoms with van der Waals surface area (Å²) in [4.78, 5) is 21.5. The summed E-state index contributed by atoms with van der Waals surface area (Å²) in [6.07, 6.45) is 6.42. The van der Waals surface area contributed by atoms with Crippen molar-refractivity contribution in [1.29, 1.82) is 0 Å². The van der Waals surface area contributed by atoms with E-state index >= 15 is 0 Å². The Bertz CT molecular complexity index is 786. The minimum Gasteiger partial charge on any atom is -0.324 e. The lowest BCUT2D eigenvalue weighted by atomic mass is 10.1. The predicted octanol–water partition coefficient (Wildman–Crippen LogP) is 4.47. The lowest BCUT2D eigenvalue weighted by Gasteiger charge is -2.28. The van der Waals surface area contributed by atoms with Gasteiger partial charge in [0.15, 0.2) is 0 Å². The fourth-order valence-electron chi connectivity index (χ4n) is 3.69. The monoisotopic (exact) mass is 380 g/mol. The molecule has 2 aromatic rings. The number of piperidine rings is 1. The van der Waals surface area contributed by atoms with Crippen LogP contribution < -0.4 is 5.32 Å². The van der Waals surface area contributed by atoms with E-state index in [0.717, 1.165) is 37.4 Å². The summed E-state index contributed by atoms with van der Waals surface area (Å²) in [7, 11) is 1.85. The third-order valence-electron chi connectivity index (χ3n) is 5.56. The quantitative estimate of drug-likeness (QED) is 0.804. The smallest absolute Gasteiger partial charge is 0.321 e. The van der Waals surface area contributed by atoms with E-state index in [2.05, 4.69) is 41.2 Å². The first-order valence-corrected chi connectivity index (χ1v) is 10.3. The number of nitrogens with zero attached hydrogens (tertiary/aromatic N) is 3. The molecule has 2 amide bonds. The van der Waals surface area contributed by atoms with Gasteiger partial charge in [-0.15, -0.1) is 0 Å². The van der Waals surface area contributed by atoms with Gasteiger partial charge in [-0.1, -0.05) is 24.6 Å². The Balaban J connectivity index is 1.61. The third kappa shape index (κ3) is 5.55. The molecule has 1 atom stereocenters. The topological polar surface area (TPSA) is 48.5 Å². The van der Waals surface area contributed by atoms with Crippen LogP contribution in [0.25, 0.3) is 0 Å². The van der Waals surface area contributed by atoms with Crippen LogP contribution in [0.15, 0.2) is 42.6 Å². The first-order valence-electron chi connectivity index (χ1n) is 10.3. The number of urea groups is 1. The second-order valence-corrected chi connectivity index (χ2v) is 7.91. The van der Waals surface area contributed by atoms with Gasteiger partial charge in [-0.25, -0.2) is 4.79 Å². The highest BCUT2D eigenvalue weighted by Crippen LogP contribution is 2.20. The number of nitrogens with one attached hydrogen (secondary N) is 1. The van der Waals surface area contributed by atoms with E-state index in [4.69, 9.17) is 0 Å². The minimum absolute atomic E-state index is 0.0588. The standard InChI is InChI=1S/C23H32N4O/c1-18-11-12-24-21(15-18)16-19(2)26(3)23(28)25-22-10-6-5-9-20(22)17-27-13-7-4-8-14-27/h5-6,9-12,15,19H,4,7-8,13-14,16-17H2,1-3H3,(H,25,28)/t19-/m0/s1. The van der Waals surface area contributed by atoms with Crippen molar-refractivity contribution in [2.45, 2.75) is 52.1 Å². The number of hydrogen-bond acceptors (Lipinski definition) is 3. The van der Waals surface area contributed by atoms with Crippen molar-refractivity contribution in [3.05, 3.63) is 59.4 Å². The van der Waals surface area contributed by atoms with Gasteiger partial charge in [0.05, 0.1) is 0 Å². The fourth-order valence-corrected chi connectivity index (χ4v) is 3.69. The highest BCUT2D eigenvalue weighted by atomic mass is 16.2. The van der Waals surface area contributed by atoms with Crippen molar-refractivity contribution in [3.63, 3.8) is 0 Å². The average Bonchev–Trinajstić information content (AvgIpc) is 2.69. The molecule has 5 heteroatoms. The maximum Gasteiger partial charge on any atom is 0.321 e. The van der Waals surface area contributed by atoms with Crippen LogP contribution in [0.2, 0.25) is 0 Å². The van der Waals surface area contributed by atoms with Gasteiger partial charge in [-0.3, -0.25) is 9.88 Å². The van der Waals surface area contributed by atoms with Crippen LogP contribution in [0.1, 0.15) is 43.0 Å². The molecule has 1 saturated heterocycles. The van der Waals surface area contributed by atoms with E-state index in [1.165, 1.54) is 30.4 Å².